The largest absolute Gasteiger partial charge is 0.362 e. The minimum atomic E-state index is -3.51. The number of hydrogen-bond donors (Lipinski definition) is 2. The molecule has 0 saturated heterocycles. The van der Waals surface area contributed by atoms with Crippen LogP contribution in [-0.2, 0) is 16.6 Å². The molecule has 0 aliphatic carbocycles. The van der Waals surface area contributed by atoms with Crippen LogP contribution >= 0.6 is 11.6 Å². The molecule has 0 spiro atoms. The number of sulfonamides is 1. The summed E-state index contributed by atoms with van der Waals surface area (Å²) >= 11 is 5.74. The number of rotatable bonds is 4. The third kappa shape index (κ3) is 3.37. The minimum Gasteiger partial charge on any atom is -0.362 e. The molecule has 1 heterocycles. The van der Waals surface area contributed by atoms with Gasteiger partial charge in [0.05, 0.1) is 4.90 Å². The molecule has 102 valence electrons. The number of halogens is 1. The second-order valence-electron chi connectivity index (χ2n) is 4.38. The lowest BCUT2D eigenvalue weighted by molar-refractivity contribution is 0.581. The van der Waals surface area contributed by atoms with E-state index in [1.165, 1.54) is 12.1 Å². The Morgan fingerprint density at radius 1 is 1.21 bits per heavy atom. The molecule has 1 aromatic carbocycles. The van der Waals surface area contributed by atoms with Gasteiger partial charge in [0.2, 0.25) is 10.0 Å². The summed E-state index contributed by atoms with van der Waals surface area (Å²) in [6, 6.07) is 8.02. The van der Waals surface area contributed by atoms with Crippen molar-refractivity contribution in [3.8, 4) is 0 Å². The molecule has 0 aliphatic heterocycles. The van der Waals surface area contributed by atoms with Gasteiger partial charge in [0.15, 0.2) is 0 Å². The molecule has 4 nitrogen and oxygen atoms in total. The highest BCUT2D eigenvalue weighted by molar-refractivity contribution is 7.89. The number of benzene rings is 1. The minimum absolute atomic E-state index is 0.210. The van der Waals surface area contributed by atoms with Gasteiger partial charge in [-0.15, -0.1) is 0 Å². The number of aryl methyl sites for hydroxylation is 2. The normalized spacial score (nSPS) is 11.7. The maximum atomic E-state index is 12.1. The Morgan fingerprint density at radius 3 is 2.37 bits per heavy atom. The van der Waals surface area contributed by atoms with E-state index in [-0.39, 0.29) is 11.4 Å². The first kappa shape index (κ1) is 14.1. The molecule has 2 N–H and O–H groups in total. The monoisotopic (exact) mass is 298 g/mol. The van der Waals surface area contributed by atoms with Gasteiger partial charge < -0.3 is 4.98 Å². The van der Waals surface area contributed by atoms with Crippen LogP contribution in [0.3, 0.4) is 0 Å². The van der Waals surface area contributed by atoms with E-state index in [1.54, 1.807) is 12.1 Å². The molecule has 0 amide bonds. The van der Waals surface area contributed by atoms with E-state index < -0.39 is 10.0 Å². The first-order valence-corrected chi connectivity index (χ1v) is 7.65. The molecule has 0 saturated carbocycles. The fourth-order valence-electron chi connectivity index (χ4n) is 1.84. The Bertz CT molecular complexity index is 675. The first-order valence-electron chi connectivity index (χ1n) is 5.79. The van der Waals surface area contributed by atoms with E-state index in [0.717, 1.165) is 17.0 Å². The predicted molar refractivity (Wildman–Crippen MR) is 75.7 cm³/mol. The molecular formula is C13H15ClN2O2S. The van der Waals surface area contributed by atoms with Crippen molar-refractivity contribution in [3.63, 3.8) is 0 Å². The molecule has 0 fully saturated rings. The van der Waals surface area contributed by atoms with Gasteiger partial charge in [-0.1, -0.05) is 11.6 Å². The third-order valence-electron chi connectivity index (χ3n) is 2.83. The van der Waals surface area contributed by atoms with E-state index in [9.17, 15) is 8.42 Å². The van der Waals surface area contributed by atoms with E-state index in [4.69, 9.17) is 11.6 Å². The highest BCUT2D eigenvalue weighted by atomic mass is 35.5. The molecule has 19 heavy (non-hydrogen) atoms. The quantitative estimate of drug-likeness (QED) is 0.912. The molecule has 0 atom stereocenters. The second kappa shape index (κ2) is 5.36. The fraction of sp³-hybridized carbons (Fsp3) is 0.231. The lowest BCUT2D eigenvalue weighted by atomic mass is 10.2. The van der Waals surface area contributed by atoms with Crippen LogP contribution < -0.4 is 4.72 Å². The van der Waals surface area contributed by atoms with Crippen molar-refractivity contribution in [3.05, 3.63) is 52.3 Å². The summed E-state index contributed by atoms with van der Waals surface area (Å²) in [6.07, 6.45) is 0. The molecule has 0 aliphatic rings. The van der Waals surface area contributed by atoms with Gasteiger partial charge in [-0.05, 0) is 49.7 Å². The lowest BCUT2D eigenvalue weighted by Crippen LogP contribution is -2.23. The molecule has 2 rings (SSSR count). The van der Waals surface area contributed by atoms with Crippen molar-refractivity contribution < 1.29 is 8.42 Å². The number of hydrogen-bond acceptors (Lipinski definition) is 2. The highest BCUT2D eigenvalue weighted by Gasteiger charge is 2.14. The number of H-pyrrole nitrogens is 1. The summed E-state index contributed by atoms with van der Waals surface area (Å²) in [4.78, 5) is 3.35. The van der Waals surface area contributed by atoms with E-state index in [2.05, 4.69) is 9.71 Å². The number of aromatic nitrogens is 1. The van der Waals surface area contributed by atoms with Crippen LogP contribution in [-0.4, -0.2) is 13.4 Å². The van der Waals surface area contributed by atoms with Crippen LogP contribution in [0.25, 0.3) is 0 Å². The van der Waals surface area contributed by atoms with Crippen molar-refractivity contribution in [1.29, 1.82) is 0 Å². The van der Waals surface area contributed by atoms with Crippen LogP contribution in [0, 0.1) is 13.8 Å². The van der Waals surface area contributed by atoms with Crippen molar-refractivity contribution in [1.82, 2.24) is 9.71 Å². The first-order chi connectivity index (χ1) is 8.88. The Balaban J connectivity index is 2.14. The average Bonchev–Trinajstić information content (AvgIpc) is 2.66. The van der Waals surface area contributed by atoms with Gasteiger partial charge in [-0.25, -0.2) is 13.1 Å². The zero-order valence-corrected chi connectivity index (χ0v) is 12.3. The van der Waals surface area contributed by atoms with Crippen LogP contribution in [0.2, 0.25) is 5.02 Å². The predicted octanol–water partition coefficient (Wildman–Crippen LogP) is 2.76. The summed E-state index contributed by atoms with van der Waals surface area (Å²) in [5, 5.41) is 0.510. The van der Waals surface area contributed by atoms with Crippen LogP contribution in [0.5, 0.6) is 0 Å². The van der Waals surface area contributed by atoms with Crippen molar-refractivity contribution >= 4 is 21.6 Å². The summed E-state index contributed by atoms with van der Waals surface area (Å²) in [5.41, 5.74) is 2.92. The van der Waals surface area contributed by atoms with Gasteiger partial charge in [0.25, 0.3) is 0 Å². The average molecular weight is 299 g/mol. The van der Waals surface area contributed by atoms with Crippen LogP contribution in [0.4, 0.5) is 0 Å². The van der Waals surface area contributed by atoms with Gasteiger partial charge in [0.1, 0.15) is 0 Å². The van der Waals surface area contributed by atoms with Crippen molar-refractivity contribution in [2.45, 2.75) is 25.3 Å². The number of nitrogens with one attached hydrogen (secondary N) is 2. The smallest absolute Gasteiger partial charge is 0.240 e. The maximum absolute atomic E-state index is 12.1. The lowest BCUT2D eigenvalue weighted by Gasteiger charge is -2.06. The Kier molecular flexibility index (Phi) is 3.99. The molecule has 1 aromatic heterocycles. The molecular weight excluding hydrogens is 284 g/mol. The molecule has 0 bridgehead atoms. The maximum Gasteiger partial charge on any atom is 0.240 e. The molecule has 0 radical (unpaired) electrons. The Labute approximate surface area is 117 Å². The van der Waals surface area contributed by atoms with Gasteiger partial charge in [-0.3, -0.25) is 0 Å². The second-order valence-corrected chi connectivity index (χ2v) is 6.58. The zero-order valence-electron chi connectivity index (χ0n) is 10.7. The third-order valence-corrected chi connectivity index (χ3v) is 4.50. The summed E-state index contributed by atoms with van der Waals surface area (Å²) in [7, 11) is -3.51. The summed E-state index contributed by atoms with van der Waals surface area (Å²) in [5.74, 6) is 0. The van der Waals surface area contributed by atoms with Crippen molar-refractivity contribution in [2.24, 2.45) is 0 Å². The topological polar surface area (TPSA) is 62.0 Å². The Hall–Kier alpha value is -1.30. The van der Waals surface area contributed by atoms with Crippen molar-refractivity contribution in [2.75, 3.05) is 0 Å². The summed E-state index contributed by atoms with van der Waals surface area (Å²) in [6.45, 7) is 4.12. The SMILES string of the molecule is Cc1cc(CNS(=O)(=O)c2ccc(Cl)cc2)c(C)[nH]1. The van der Waals surface area contributed by atoms with Gasteiger partial charge in [0, 0.05) is 23.0 Å². The van der Waals surface area contributed by atoms with Crippen LogP contribution in [0.1, 0.15) is 17.0 Å². The van der Waals surface area contributed by atoms with E-state index >= 15 is 0 Å². The molecule has 2 aromatic rings. The number of aromatic amines is 1. The van der Waals surface area contributed by atoms with E-state index in [1.807, 2.05) is 19.9 Å². The summed E-state index contributed by atoms with van der Waals surface area (Å²) < 4.78 is 26.7. The van der Waals surface area contributed by atoms with Gasteiger partial charge in [-0.2, -0.15) is 0 Å². The molecule has 0 unspecified atom stereocenters. The van der Waals surface area contributed by atoms with Crippen LogP contribution in [0.15, 0.2) is 35.2 Å². The zero-order chi connectivity index (χ0) is 14.0. The fourth-order valence-corrected chi connectivity index (χ4v) is 2.97. The standard InChI is InChI=1S/C13H15ClN2O2S/c1-9-7-11(10(2)16-9)8-15-19(17,18)13-5-3-12(14)4-6-13/h3-7,15-16H,8H2,1-2H3. The Morgan fingerprint density at radius 2 is 1.84 bits per heavy atom. The van der Waals surface area contributed by atoms with E-state index in [0.29, 0.717) is 5.02 Å². The molecule has 6 heteroatoms. The van der Waals surface area contributed by atoms with Gasteiger partial charge >= 0.3 is 0 Å². The highest BCUT2D eigenvalue weighted by Crippen LogP contribution is 2.15.